The third-order valence-corrected chi connectivity index (χ3v) is 2.85. The lowest BCUT2D eigenvalue weighted by atomic mass is 10.2. The summed E-state index contributed by atoms with van der Waals surface area (Å²) in [6.45, 7) is 2.44. The van der Waals surface area contributed by atoms with E-state index in [1.807, 2.05) is 25.1 Å². The number of rotatable bonds is 2. The molecule has 0 unspecified atom stereocenters. The maximum absolute atomic E-state index is 7.89. The van der Waals surface area contributed by atoms with Crippen LogP contribution in [0.1, 0.15) is 11.3 Å². The molecule has 5 heteroatoms. The van der Waals surface area contributed by atoms with Crippen LogP contribution < -0.4 is 5.55 Å². The molecule has 0 amide bonds. The van der Waals surface area contributed by atoms with Gasteiger partial charge in [0.05, 0.1) is 23.2 Å². The fraction of sp³-hybridized carbons (Fsp3) is 0.231. The van der Waals surface area contributed by atoms with E-state index in [1.54, 1.807) is 17.7 Å². The maximum atomic E-state index is 7.89. The van der Waals surface area contributed by atoms with Crippen molar-refractivity contribution in [2.24, 2.45) is 0 Å². The van der Waals surface area contributed by atoms with Crippen molar-refractivity contribution in [1.82, 2.24) is 9.61 Å². The zero-order chi connectivity index (χ0) is 12.7. The molecule has 92 valence electrons. The monoisotopic (exact) mass is 243 g/mol. The second-order valence-electron chi connectivity index (χ2n) is 4.27. The molecule has 0 aliphatic heterocycles. The predicted molar refractivity (Wildman–Crippen MR) is 66.3 cm³/mol. The van der Waals surface area contributed by atoms with Crippen LogP contribution in [0.3, 0.4) is 0 Å². The molecule has 0 spiro atoms. The Labute approximate surface area is 103 Å². The number of benzene rings is 1. The normalized spacial score (nSPS) is 11.4. The minimum atomic E-state index is 0.154. The molecule has 3 rings (SSSR count). The summed E-state index contributed by atoms with van der Waals surface area (Å²) in [6, 6.07) is 7.64. The minimum absolute atomic E-state index is 0.154. The summed E-state index contributed by atoms with van der Waals surface area (Å²) in [7, 11) is 1.62. The molecule has 2 heterocycles. The number of nitrogens with zero attached hydrogens (tertiary/aromatic N) is 2. The van der Waals surface area contributed by atoms with Crippen molar-refractivity contribution in [1.29, 1.82) is 5.41 Å². The smallest absolute Gasteiger partial charge is 0.225 e. The Morgan fingerprint density at radius 2 is 2.22 bits per heavy atom. The minimum Gasteiger partial charge on any atom is -0.420 e. The third-order valence-electron chi connectivity index (χ3n) is 2.85. The highest BCUT2D eigenvalue weighted by Gasteiger charge is 2.09. The van der Waals surface area contributed by atoms with Gasteiger partial charge in [-0.15, -0.1) is 0 Å². The summed E-state index contributed by atoms with van der Waals surface area (Å²) in [5.41, 5.74) is 3.50. The molecule has 0 atom stereocenters. The first kappa shape index (κ1) is 11.0. The number of aryl methyl sites for hydroxylation is 1. The number of methoxy groups -OCH3 is 1. The quantitative estimate of drug-likeness (QED) is 0.748. The average Bonchev–Trinajstić information content (AvgIpc) is 2.72. The number of nitrogens with one attached hydrogen (secondary N) is 1. The summed E-state index contributed by atoms with van der Waals surface area (Å²) < 4.78 is 12.2. The molecule has 1 N–H and O–H groups in total. The highest BCUT2D eigenvalue weighted by Crippen LogP contribution is 2.16. The van der Waals surface area contributed by atoms with Crippen LogP contribution in [0.5, 0.6) is 0 Å². The van der Waals surface area contributed by atoms with Crippen molar-refractivity contribution in [2.45, 2.75) is 13.5 Å². The van der Waals surface area contributed by atoms with Gasteiger partial charge in [-0.05, 0) is 24.6 Å². The van der Waals surface area contributed by atoms with Crippen molar-refractivity contribution in [3.63, 3.8) is 0 Å². The Balaban J connectivity index is 2.42. The topological polar surface area (TPSA) is 63.5 Å². The van der Waals surface area contributed by atoms with E-state index in [9.17, 15) is 0 Å². The molecular weight excluding hydrogens is 230 g/mol. The largest absolute Gasteiger partial charge is 0.420 e. The van der Waals surface area contributed by atoms with Crippen LogP contribution >= 0.6 is 0 Å². The van der Waals surface area contributed by atoms with E-state index in [0.717, 1.165) is 22.2 Å². The molecule has 0 radical (unpaired) electrons. The van der Waals surface area contributed by atoms with Crippen LogP contribution in [0.2, 0.25) is 0 Å². The molecule has 5 nitrogen and oxygen atoms in total. The van der Waals surface area contributed by atoms with Gasteiger partial charge in [-0.3, -0.25) is 5.41 Å². The van der Waals surface area contributed by atoms with Gasteiger partial charge < -0.3 is 9.15 Å². The maximum Gasteiger partial charge on any atom is 0.225 e. The number of ether oxygens (including phenoxy) is 1. The van der Waals surface area contributed by atoms with Gasteiger partial charge in [0.1, 0.15) is 0 Å². The molecule has 0 aliphatic carbocycles. The van der Waals surface area contributed by atoms with Crippen LogP contribution in [0.15, 0.2) is 28.7 Å². The zero-order valence-corrected chi connectivity index (χ0v) is 10.2. The van der Waals surface area contributed by atoms with Crippen molar-refractivity contribution in [3.8, 4) is 0 Å². The van der Waals surface area contributed by atoms with E-state index in [1.165, 1.54) is 0 Å². The van der Waals surface area contributed by atoms with Crippen molar-refractivity contribution in [2.75, 3.05) is 7.11 Å². The van der Waals surface area contributed by atoms with Gasteiger partial charge in [-0.2, -0.15) is 9.61 Å². The number of aromatic nitrogens is 2. The average molecular weight is 243 g/mol. The highest BCUT2D eigenvalue weighted by atomic mass is 16.5. The Hall–Kier alpha value is -2.14. The summed E-state index contributed by atoms with van der Waals surface area (Å²) in [5, 5.41) is 13.1. The zero-order valence-electron chi connectivity index (χ0n) is 10.2. The first-order chi connectivity index (χ1) is 8.69. The molecule has 0 saturated carbocycles. The van der Waals surface area contributed by atoms with E-state index in [0.29, 0.717) is 12.3 Å². The number of hydrogen-bond donors (Lipinski definition) is 1. The van der Waals surface area contributed by atoms with Gasteiger partial charge in [-0.25, -0.2) is 0 Å². The van der Waals surface area contributed by atoms with E-state index in [-0.39, 0.29) is 5.55 Å². The van der Waals surface area contributed by atoms with Crippen LogP contribution in [0.4, 0.5) is 0 Å². The van der Waals surface area contributed by atoms with E-state index in [4.69, 9.17) is 14.6 Å². The Morgan fingerprint density at radius 1 is 1.39 bits per heavy atom. The van der Waals surface area contributed by atoms with Crippen LogP contribution in [-0.4, -0.2) is 16.7 Å². The third kappa shape index (κ3) is 1.60. The Bertz CT molecular complexity index is 786. The summed E-state index contributed by atoms with van der Waals surface area (Å²) in [5.74, 6) is 0. The highest BCUT2D eigenvalue weighted by molar-refractivity contribution is 5.79. The first-order valence-corrected chi connectivity index (χ1v) is 5.64. The Morgan fingerprint density at radius 3 is 3.00 bits per heavy atom. The molecule has 0 fully saturated rings. The molecule has 18 heavy (non-hydrogen) atoms. The van der Waals surface area contributed by atoms with E-state index < -0.39 is 0 Å². The van der Waals surface area contributed by atoms with Gasteiger partial charge in [-0.1, -0.05) is 6.07 Å². The molecule has 3 aromatic rings. The van der Waals surface area contributed by atoms with E-state index in [2.05, 4.69) is 5.10 Å². The summed E-state index contributed by atoms with van der Waals surface area (Å²) >= 11 is 0. The molecular formula is C13H13N3O2. The lowest BCUT2D eigenvalue weighted by Gasteiger charge is -2.01. The molecule has 0 aliphatic rings. The van der Waals surface area contributed by atoms with Crippen molar-refractivity contribution in [3.05, 3.63) is 41.1 Å². The van der Waals surface area contributed by atoms with Gasteiger partial charge in [0.2, 0.25) is 11.3 Å². The second-order valence-corrected chi connectivity index (χ2v) is 4.27. The van der Waals surface area contributed by atoms with E-state index >= 15 is 0 Å². The lowest BCUT2D eigenvalue weighted by molar-refractivity contribution is 0.181. The van der Waals surface area contributed by atoms with Gasteiger partial charge in [0.25, 0.3) is 0 Å². The van der Waals surface area contributed by atoms with Gasteiger partial charge >= 0.3 is 0 Å². The summed E-state index contributed by atoms with van der Waals surface area (Å²) in [6.07, 6.45) is 0. The molecule has 0 saturated heterocycles. The van der Waals surface area contributed by atoms with Crippen molar-refractivity contribution >= 4 is 16.6 Å². The van der Waals surface area contributed by atoms with Crippen LogP contribution in [0.25, 0.3) is 16.6 Å². The van der Waals surface area contributed by atoms with Gasteiger partial charge in [0, 0.05) is 13.2 Å². The molecule has 0 bridgehead atoms. The number of fused-ring (bicyclic) bond motifs is 3. The SMILES string of the molecule is COCc1cc2oc(=N)c3ccc(C)cc3n2n1. The van der Waals surface area contributed by atoms with Crippen LogP contribution in [-0.2, 0) is 11.3 Å². The van der Waals surface area contributed by atoms with Gasteiger partial charge in [0.15, 0.2) is 0 Å². The standard InChI is InChI=1S/C13H13N3O2/c1-8-3-4-10-11(5-8)16-12(18-13(10)14)6-9(15-16)7-17-2/h3-6,14H,7H2,1-2H3. The summed E-state index contributed by atoms with van der Waals surface area (Å²) in [4.78, 5) is 0. The molecule has 2 aromatic heterocycles. The second kappa shape index (κ2) is 3.96. The predicted octanol–water partition coefficient (Wildman–Crippen LogP) is 2.01. The van der Waals surface area contributed by atoms with Crippen LogP contribution in [0, 0.1) is 12.3 Å². The molecule has 1 aromatic carbocycles. The fourth-order valence-electron chi connectivity index (χ4n) is 2.04. The number of hydrogen-bond acceptors (Lipinski definition) is 4. The first-order valence-electron chi connectivity index (χ1n) is 5.64. The Kier molecular flexibility index (Phi) is 2.41. The fourth-order valence-corrected chi connectivity index (χ4v) is 2.04. The lowest BCUT2D eigenvalue weighted by Crippen LogP contribution is -2.04. The van der Waals surface area contributed by atoms with Crippen molar-refractivity contribution < 1.29 is 9.15 Å².